The molecule has 0 aliphatic rings. The summed E-state index contributed by atoms with van der Waals surface area (Å²) in [6, 6.07) is 1.88. The van der Waals surface area contributed by atoms with Gasteiger partial charge >= 0.3 is 5.97 Å². The first-order chi connectivity index (χ1) is 6.22. The number of nitrogens with zero attached hydrogens (tertiary/aromatic N) is 3. The minimum atomic E-state index is -0.882. The van der Waals surface area contributed by atoms with Crippen molar-refractivity contribution in [2.45, 2.75) is 12.8 Å². The van der Waals surface area contributed by atoms with Gasteiger partial charge < -0.3 is 5.11 Å². The molecule has 0 amide bonds. The van der Waals surface area contributed by atoms with Gasteiger partial charge in [-0.3, -0.25) is 4.79 Å². The second kappa shape index (κ2) is 4.16. The average Bonchev–Trinajstić information content (AvgIpc) is 2.15. The highest BCUT2D eigenvalue weighted by Crippen LogP contribution is 1.97. The highest BCUT2D eigenvalue weighted by molar-refractivity contribution is 5.66. The largest absolute Gasteiger partial charge is 0.481 e. The van der Waals surface area contributed by atoms with Crippen molar-refractivity contribution in [2.75, 3.05) is 0 Å². The number of nitriles is 1. The van der Waals surface area contributed by atoms with Gasteiger partial charge in [0.25, 0.3) is 0 Å². The molecule has 0 radical (unpaired) electrons. The molecule has 0 aliphatic carbocycles. The molecule has 0 unspecified atom stereocenters. The summed E-state index contributed by atoms with van der Waals surface area (Å²) in [6.45, 7) is 0. The Hall–Kier alpha value is -1.96. The average molecular weight is 177 g/mol. The van der Waals surface area contributed by atoms with E-state index in [4.69, 9.17) is 10.4 Å². The van der Waals surface area contributed by atoms with Crippen molar-refractivity contribution in [3.8, 4) is 6.07 Å². The summed E-state index contributed by atoms with van der Waals surface area (Å²) in [4.78, 5) is 17.8. The van der Waals surface area contributed by atoms with Gasteiger partial charge in [-0.2, -0.15) is 5.26 Å². The predicted octanol–water partition coefficient (Wildman–Crippen LogP) is 0.365. The van der Waals surface area contributed by atoms with Gasteiger partial charge in [0, 0.05) is 18.8 Å². The zero-order valence-corrected chi connectivity index (χ0v) is 6.77. The molecule has 66 valence electrons. The van der Waals surface area contributed by atoms with E-state index >= 15 is 0 Å². The van der Waals surface area contributed by atoms with E-state index < -0.39 is 5.97 Å². The normalized spacial score (nSPS) is 9.15. The molecule has 13 heavy (non-hydrogen) atoms. The van der Waals surface area contributed by atoms with Crippen molar-refractivity contribution >= 4 is 5.97 Å². The molecule has 0 saturated carbocycles. The summed E-state index contributed by atoms with van der Waals surface area (Å²) < 4.78 is 0. The van der Waals surface area contributed by atoms with Gasteiger partial charge in [0.15, 0.2) is 0 Å². The predicted molar refractivity (Wildman–Crippen MR) is 42.7 cm³/mol. The third-order valence-electron chi connectivity index (χ3n) is 1.40. The van der Waals surface area contributed by atoms with Gasteiger partial charge in [-0.15, -0.1) is 0 Å². The summed E-state index contributed by atoms with van der Waals surface area (Å²) in [5.41, 5.74) is 0.374. The summed E-state index contributed by atoms with van der Waals surface area (Å²) in [5.74, 6) is -0.436. The molecule has 1 aromatic heterocycles. The number of carbonyl (C=O) groups is 1. The first-order valence-electron chi connectivity index (χ1n) is 3.65. The lowest BCUT2D eigenvalue weighted by Crippen LogP contribution is -2.01. The van der Waals surface area contributed by atoms with E-state index in [0.29, 0.717) is 17.8 Å². The summed E-state index contributed by atoms with van der Waals surface area (Å²) in [6.07, 6.45) is 3.06. The van der Waals surface area contributed by atoms with Crippen molar-refractivity contribution in [3.05, 3.63) is 23.8 Å². The Kier molecular flexibility index (Phi) is 2.92. The van der Waals surface area contributed by atoms with Crippen LogP contribution in [0.2, 0.25) is 0 Å². The Labute approximate surface area is 74.7 Å². The van der Waals surface area contributed by atoms with Gasteiger partial charge in [-0.25, -0.2) is 9.97 Å². The maximum Gasteiger partial charge on any atom is 0.303 e. The van der Waals surface area contributed by atoms with Crippen LogP contribution in [0.15, 0.2) is 12.4 Å². The Morgan fingerprint density at radius 3 is 2.62 bits per heavy atom. The number of hydrogen-bond acceptors (Lipinski definition) is 4. The highest BCUT2D eigenvalue weighted by Gasteiger charge is 2.01. The smallest absolute Gasteiger partial charge is 0.303 e. The zero-order chi connectivity index (χ0) is 9.68. The van der Waals surface area contributed by atoms with Crippen molar-refractivity contribution in [1.82, 2.24) is 9.97 Å². The van der Waals surface area contributed by atoms with Gasteiger partial charge in [-0.1, -0.05) is 0 Å². The topological polar surface area (TPSA) is 86.9 Å². The van der Waals surface area contributed by atoms with Crippen LogP contribution >= 0.6 is 0 Å². The molecule has 0 aliphatic heterocycles. The quantitative estimate of drug-likeness (QED) is 0.720. The molecule has 1 N–H and O–H groups in total. The highest BCUT2D eigenvalue weighted by atomic mass is 16.4. The molecule has 0 saturated heterocycles. The SMILES string of the molecule is N#Cc1cnc(CCC(=O)O)nc1. The monoisotopic (exact) mass is 177 g/mol. The van der Waals surface area contributed by atoms with E-state index in [9.17, 15) is 4.79 Å². The van der Waals surface area contributed by atoms with Crippen LogP contribution in [-0.4, -0.2) is 21.0 Å². The number of rotatable bonds is 3. The molecule has 0 fully saturated rings. The van der Waals surface area contributed by atoms with Crippen LogP contribution in [0.25, 0.3) is 0 Å². The van der Waals surface area contributed by atoms with E-state index in [0.717, 1.165) is 0 Å². The minimum Gasteiger partial charge on any atom is -0.481 e. The van der Waals surface area contributed by atoms with Crippen molar-refractivity contribution in [3.63, 3.8) is 0 Å². The van der Waals surface area contributed by atoms with E-state index in [1.165, 1.54) is 12.4 Å². The Bertz CT molecular complexity index is 339. The van der Waals surface area contributed by atoms with Crippen molar-refractivity contribution in [1.29, 1.82) is 5.26 Å². The van der Waals surface area contributed by atoms with Crippen LogP contribution in [0, 0.1) is 11.3 Å². The third kappa shape index (κ3) is 2.87. The summed E-state index contributed by atoms with van der Waals surface area (Å²) in [7, 11) is 0. The fraction of sp³-hybridized carbons (Fsp3) is 0.250. The van der Waals surface area contributed by atoms with Crippen LogP contribution in [0.4, 0.5) is 0 Å². The number of aryl methyl sites for hydroxylation is 1. The first kappa shape index (κ1) is 9.13. The first-order valence-corrected chi connectivity index (χ1v) is 3.65. The number of aromatic nitrogens is 2. The number of aliphatic carboxylic acids is 1. The second-order valence-electron chi connectivity index (χ2n) is 2.39. The molecule has 1 heterocycles. The van der Waals surface area contributed by atoms with Crippen molar-refractivity contribution < 1.29 is 9.90 Å². The Morgan fingerprint density at radius 2 is 2.15 bits per heavy atom. The molecule has 5 heteroatoms. The van der Waals surface area contributed by atoms with E-state index in [2.05, 4.69) is 9.97 Å². The number of hydrogen-bond donors (Lipinski definition) is 1. The molecule has 0 aromatic carbocycles. The third-order valence-corrected chi connectivity index (χ3v) is 1.40. The van der Waals surface area contributed by atoms with Gasteiger partial charge in [0.2, 0.25) is 0 Å². The molecule has 0 atom stereocenters. The fourth-order valence-corrected chi connectivity index (χ4v) is 0.760. The molecular formula is C8H7N3O2. The van der Waals surface area contributed by atoms with Crippen LogP contribution in [0.1, 0.15) is 17.8 Å². The van der Waals surface area contributed by atoms with E-state index in [-0.39, 0.29) is 6.42 Å². The van der Waals surface area contributed by atoms with E-state index in [1.54, 1.807) is 0 Å². The maximum absolute atomic E-state index is 10.2. The number of carboxylic acid groups (broad SMARTS) is 1. The summed E-state index contributed by atoms with van der Waals surface area (Å²) >= 11 is 0. The van der Waals surface area contributed by atoms with Crippen LogP contribution < -0.4 is 0 Å². The summed E-state index contributed by atoms with van der Waals surface area (Å²) in [5, 5.41) is 16.8. The Morgan fingerprint density at radius 1 is 1.54 bits per heavy atom. The standard InChI is InChI=1S/C8H7N3O2/c9-3-6-4-10-7(11-5-6)1-2-8(12)13/h4-5H,1-2H2,(H,12,13). The van der Waals surface area contributed by atoms with Crippen LogP contribution in [0.3, 0.4) is 0 Å². The molecule has 5 nitrogen and oxygen atoms in total. The lowest BCUT2D eigenvalue weighted by Gasteiger charge is -1.95. The van der Waals surface area contributed by atoms with Gasteiger partial charge in [-0.05, 0) is 0 Å². The Balaban J connectivity index is 2.60. The van der Waals surface area contributed by atoms with Crippen LogP contribution in [-0.2, 0) is 11.2 Å². The van der Waals surface area contributed by atoms with Crippen LogP contribution in [0.5, 0.6) is 0 Å². The fourth-order valence-electron chi connectivity index (χ4n) is 0.760. The maximum atomic E-state index is 10.2. The molecule has 0 spiro atoms. The van der Waals surface area contributed by atoms with Gasteiger partial charge in [0.05, 0.1) is 12.0 Å². The molecule has 0 bridgehead atoms. The lowest BCUT2D eigenvalue weighted by atomic mass is 10.3. The van der Waals surface area contributed by atoms with E-state index in [1.807, 2.05) is 6.07 Å². The molecule has 1 aromatic rings. The molecular weight excluding hydrogens is 170 g/mol. The van der Waals surface area contributed by atoms with Gasteiger partial charge in [0.1, 0.15) is 11.9 Å². The minimum absolute atomic E-state index is 0.00585. The lowest BCUT2D eigenvalue weighted by molar-refractivity contribution is -0.137. The second-order valence-corrected chi connectivity index (χ2v) is 2.39. The molecule has 1 rings (SSSR count). The number of carboxylic acids is 1. The zero-order valence-electron chi connectivity index (χ0n) is 6.77. The van der Waals surface area contributed by atoms with Crippen molar-refractivity contribution in [2.24, 2.45) is 0 Å².